The minimum atomic E-state index is -0.234. The van der Waals surface area contributed by atoms with Gasteiger partial charge in [-0.05, 0) is 12.5 Å². The molecule has 2 nitrogen and oxygen atoms in total. The number of benzene rings is 1. The Kier molecular flexibility index (Phi) is 2.79. The Hall–Kier alpha value is -0.930. The van der Waals surface area contributed by atoms with Crippen LogP contribution in [0, 0.1) is 5.82 Å². The summed E-state index contributed by atoms with van der Waals surface area (Å²) in [6, 6.07) is 6.80. The second-order valence-electron chi connectivity index (χ2n) is 3.77. The lowest BCUT2D eigenvalue weighted by molar-refractivity contribution is 0.174. The van der Waals surface area contributed by atoms with Gasteiger partial charge in [0.25, 0.3) is 0 Å². The number of halogens is 1. The molecule has 0 bridgehead atoms. The molecule has 1 N–H and O–H groups in total. The summed E-state index contributed by atoms with van der Waals surface area (Å²) >= 11 is 0. The smallest absolute Gasteiger partial charge is 0.127 e. The molecule has 1 aromatic carbocycles. The van der Waals surface area contributed by atoms with E-state index in [1.807, 2.05) is 6.07 Å². The Morgan fingerprint density at radius 3 is 2.86 bits per heavy atom. The van der Waals surface area contributed by atoms with Gasteiger partial charge in [-0.25, -0.2) is 4.39 Å². The maximum atomic E-state index is 13.3. The van der Waals surface area contributed by atoms with E-state index < -0.39 is 0 Å². The van der Waals surface area contributed by atoms with Gasteiger partial charge >= 0.3 is 0 Å². The third-order valence-corrected chi connectivity index (χ3v) is 2.60. The Balaban J connectivity index is 2.01. The topological polar surface area (TPSA) is 23.5 Å². The molecule has 1 atom stereocenters. The highest BCUT2D eigenvalue weighted by Gasteiger charge is 2.20. The van der Waals surface area contributed by atoms with Gasteiger partial charge < -0.3 is 5.11 Å². The molecule has 1 aliphatic rings. The Bertz CT molecular complexity index is 316. The van der Waals surface area contributed by atoms with Crippen molar-refractivity contribution >= 4 is 0 Å². The van der Waals surface area contributed by atoms with Gasteiger partial charge in [-0.15, -0.1) is 0 Å². The molecule has 0 aliphatic carbocycles. The van der Waals surface area contributed by atoms with Gasteiger partial charge in [0.1, 0.15) is 5.82 Å². The van der Waals surface area contributed by atoms with Crippen LogP contribution in [0.2, 0.25) is 0 Å². The summed E-state index contributed by atoms with van der Waals surface area (Å²) in [7, 11) is 0. The molecular formula is C11H14FNO. The maximum absolute atomic E-state index is 13.3. The molecular weight excluding hydrogens is 181 g/mol. The van der Waals surface area contributed by atoms with Gasteiger partial charge in [-0.2, -0.15) is 0 Å². The fraction of sp³-hybridized carbons (Fsp3) is 0.455. The second kappa shape index (κ2) is 4.07. The highest BCUT2D eigenvalue weighted by molar-refractivity contribution is 5.17. The molecule has 76 valence electrons. The quantitative estimate of drug-likeness (QED) is 0.771. The molecule has 0 aromatic heterocycles. The Labute approximate surface area is 83.0 Å². The van der Waals surface area contributed by atoms with Gasteiger partial charge in [0, 0.05) is 25.2 Å². The molecule has 0 spiro atoms. The number of aliphatic hydroxyl groups excluding tert-OH is 1. The van der Waals surface area contributed by atoms with E-state index in [0.717, 1.165) is 13.0 Å². The molecule has 1 heterocycles. The fourth-order valence-corrected chi connectivity index (χ4v) is 1.82. The molecule has 1 saturated heterocycles. The summed E-state index contributed by atoms with van der Waals surface area (Å²) < 4.78 is 13.3. The zero-order valence-electron chi connectivity index (χ0n) is 7.99. The lowest BCUT2D eigenvalue weighted by Gasteiger charge is -2.14. The summed E-state index contributed by atoms with van der Waals surface area (Å²) in [4.78, 5) is 2.07. The van der Waals surface area contributed by atoms with Crippen LogP contribution in [0.25, 0.3) is 0 Å². The highest BCUT2D eigenvalue weighted by Crippen LogP contribution is 2.15. The largest absolute Gasteiger partial charge is 0.392 e. The first-order valence-electron chi connectivity index (χ1n) is 4.89. The van der Waals surface area contributed by atoms with E-state index in [1.165, 1.54) is 6.07 Å². The van der Waals surface area contributed by atoms with E-state index in [9.17, 15) is 9.50 Å². The van der Waals surface area contributed by atoms with Gasteiger partial charge in [0.05, 0.1) is 6.10 Å². The number of hydrogen-bond donors (Lipinski definition) is 1. The van der Waals surface area contributed by atoms with Crippen molar-refractivity contribution < 1.29 is 9.50 Å². The molecule has 0 saturated carbocycles. The Morgan fingerprint density at radius 2 is 2.21 bits per heavy atom. The van der Waals surface area contributed by atoms with Crippen molar-refractivity contribution in [2.45, 2.75) is 19.1 Å². The van der Waals surface area contributed by atoms with E-state index in [0.29, 0.717) is 18.7 Å². The van der Waals surface area contributed by atoms with E-state index in [4.69, 9.17) is 0 Å². The second-order valence-corrected chi connectivity index (χ2v) is 3.77. The molecule has 1 fully saturated rings. The molecule has 0 radical (unpaired) electrons. The SMILES string of the molecule is O[C@H]1CCN(Cc2ccccc2F)C1. The summed E-state index contributed by atoms with van der Waals surface area (Å²) in [6.07, 6.45) is 0.566. The van der Waals surface area contributed by atoms with Crippen molar-refractivity contribution in [3.63, 3.8) is 0 Å². The number of rotatable bonds is 2. The van der Waals surface area contributed by atoms with Crippen LogP contribution in [-0.2, 0) is 6.54 Å². The van der Waals surface area contributed by atoms with Crippen molar-refractivity contribution in [3.05, 3.63) is 35.6 Å². The maximum Gasteiger partial charge on any atom is 0.127 e. The zero-order chi connectivity index (χ0) is 9.97. The molecule has 3 heteroatoms. The van der Waals surface area contributed by atoms with E-state index in [1.54, 1.807) is 12.1 Å². The monoisotopic (exact) mass is 195 g/mol. The first-order valence-corrected chi connectivity index (χ1v) is 4.89. The van der Waals surface area contributed by atoms with Crippen LogP contribution >= 0.6 is 0 Å². The van der Waals surface area contributed by atoms with Gasteiger partial charge in [-0.3, -0.25) is 4.90 Å². The number of aliphatic hydroxyl groups is 1. The van der Waals surface area contributed by atoms with Crippen molar-refractivity contribution in [1.82, 2.24) is 4.90 Å². The first-order chi connectivity index (χ1) is 6.75. The predicted octanol–water partition coefficient (Wildman–Crippen LogP) is 1.39. The van der Waals surface area contributed by atoms with Crippen LogP contribution in [0.5, 0.6) is 0 Å². The van der Waals surface area contributed by atoms with Crippen molar-refractivity contribution in [2.24, 2.45) is 0 Å². The predicted molar refractivity (Wildman–Crippen MR) is 52.3 cm³/mol. The number of nitrogens with zero attached hydrogens (tertiary/aromatic N) is 1. The minimum Gasteiger partial charge on any atom is -0.392 e. The van der Waals surface area contributed by atoms with Crippen LogP contribution in [0.15, 0.2) is 24.3 Å². The van der Waals surface area contributed by atoms with E-state index in [-0.39, 0.29) is 11.9 Å². The van der Waals surface area contributed by atoms with Crippen LogP contribution < -0.4 is 0 Å². The summed E-state index contributed by atoms with van der Waals surface area (Å²) in [5.74, 6) is -0.158. The summed E-state index contributed by atoms with van der Waals surface area (Å²) in [6.45, 7) is 2.12. The number of hydrogen-bond acceptors (Lipinski definition) is 2. The van der Waals surface area contributed by atoms with Crippen molar-refractivity contribution in [1.29, 1.82) is 0 Å². The van der Waals surface area contributed by atoms with Gasteiger partial charge in [0.15, 0.2) is 0 Å². The average molecular weight is 195 g/mol. The van der Waals surface area contributed by atoms with Crippen molar-refractivity contribution in [3.8, 4) is 0 Å². The van der Waals surface area contributed by atoms with Gasteiger partial charge in [0.2, 0.25) is 0 Å². The van der Waals surface area contributed by atoms with Crippen LogP contribution in [0.3, 0.4) is 0 Å². The average Bonchev–Trinajstić information content (AvgIpc) is 2.56. The zero-order valence-corrected chi connectivity index (χ0v) is 7.99. The highest BCUT2D eigenvalue weighted by atomic mass is 19.1. The van der Waals surface area contributed by atoms with Gasteiger partial charge in [-0.1, -0.05) is 18.2 Å². The number of β-amino-alcohol motifs (C(OH)–C–C–N with tert-alkyl or cyclic N) is 1. The minimum absolute atomic E-state index is 0.158. The standard InChI is InChI=1S/C11H14FNO/c12-11-4-2-1-3-9(11)7-13-6-5-10(14)8-13/h1-4,10,14H,5-8H2/t10-/m0/s1. The molecule has 2 rings (SSSR count). The molecule has 1 aromatic rings. The fourth-order valence-electron chi connectivity index (χ4n) is 1.82. The Morgan fingerprint density at radius 1 is 1.43 bits per heavy atom. The summed E-state index contributed by atoms with van der Waals surface area (Å²) in [5, 5.41) is 9.31. The molecule has 14 heavy (non-hydrogen) atoms. The first kappa shape index (κ1) is 9.62. The molecule has 1 aliphatic heterocycles. The lowest BCUT2D eigenvalue weighted by Crippen LogP contribution is -2.21. The normalized spacial score (nSPS) is 22.9. The van der Waals surface area contributed by atoms with E-state index in [2.05, 4.69) is 4.90 Å². The lowest BCUT2D eigenvalue weighted by atomic mass is 10.2. The van der Waals surface area contributed by atoms with Crippen LogP contribution in [0.4, 0.5) is 4.39 Å². The molecule has 0 amide bonds. The number of likely N-dealkylation sites (tertiary alicyclic amines) is 1. The molecule has 0 unspecified atom stereocenters. The third kappa shape index (κ3) is 2.11. The van der Waals surface area contributed by atoms with Crippen LogP contribution in [-0.4, -0.2) is 29.2 Å². The third-order valence-electron chi connectivity index (χ3n) is 2.60. The van der Waals surface area contributed by atoms with Crippen molar-refractivity contribution in [2.75, 3.05) is 13.1 Å². The summed E-state index contributed by atoms with van der Waals surface area (Å²) in [5.41, 5.74) is 0.710. The van der Waals surface area contributed by atoms with E-state index >= 15 is 0 Å². The van der Waals surface area contributed by atoms with Crippen LogP contribution in [0.1, 0.15) is 12.0 Å².